The van der Waals surface area contributed by atoms with E-state index < -0.39 is 0 Å². The largest absolute Gasteiger partial charge is 0.387 e. The molecule has 20 heavy (non-hydrogen) atoms. The van der Waals surface area contributed by atoms with Crippen LogP contribution < -0.4 is 0 Å². The second kappa shape index (κ2) is 5.78. The Balaban J connectivity index is 1.72. The molecule has 2 aliphatic rings. The third-order valence-corrected chi connectivity index (χ3v) is 6.44. The summed E-state index contributed by atoms with van der Waals surface area (Å²) in [5.74, 6) is 0.374. The standard InChI is InChI=1S/C17H26O2S/c1-12-10-15(20-13(12)2)16(18)14-6-9-19-17(11-14)7-4-3-5-8-17/h10,14,16,18H,3-9,11H2,1-2H3. The van der Waals surface area contributed by atoms with Gasteiger partial charge >= 0.3 is 0 Å². The maximum absolute atomic E-state index is 10.8. The van der Waals surface area contributed by atoms with Crippen LogP contribution in [-0.4, -0.2) is 17.3 Å². The summed E-state index contributed by atoms with van der Waals surface area (Å²) >= 11 is 1.76. The Bertz CT molecular complexity index is 435. The highest BCUT2D eigenvalue weighted by atomic mass is 32.1. The maximum Gasteiger partial charge on any atom is 0.0912 e. The summed E-state index contributed by atoms with van der Waals surface area (Å²) in [5.41, 5.74) is 1.40. The highest BCUT2D eigenvalue weighted by Crippen LogP contribution is 2.45. The number of aliphatic hydroxyl groups is 1. The normalized spacial score (nSPS) is 27.6. The number of hydrogen-bond donors (Lipinski definition) is 1. The van der Waals surface area contributed by atoms with Crippen molar-refractivity contribution in [1.29, 1.82) is 0 Å². The Morgan fingerprint density at radius 2 is 2.05 bits per heavy atom. The molecule has 2 nitrogen and oxygen atoms in total. The van der Waals surface area contributed by atoms with Crippen LogP contribution in [0.15, 0.2) is 6.07 Å². The predicted molar refractivity (Wildman–Crippen MR) is 83.2 cm³/mol. The third-order valence-electron chi connectivity index (χ3n) is 5.22. The second-order valence-corrected chi connectivity index (χ2v) is 7.97. The molecule has 3 rings (SSSR count). The van der Waals surface area contributed by atoms with Gasteiger partial charge in [0.1, 0.15) is 0 Å². The monoisotopic (exact) mass is 294 g/mol. The summed E-state index contributed by atoms with van der Waals surface area (Å²) in [5, 5.41) is 10.8. The zero-order chi connectivity index (χ0) is 14.2. The number of thiophene rings is 1. The summed E-state index contributed by atoms with van der Waals surface area (Å²) in [4.78, 5) is 2.48. The summed E-state index contributed by atoms with van der Waals surface area (Å²) < 4.78 is 6.14. The van der Waals surface area contributed by atoms with Gasteiger partial charge in [0.15, 0.2) is 0 Å². The van der Waals surface area contributed by atoms with Crippen molar-refractivity contribution in [2.24, 2.45) is 5.92 Å². The molecule has 0 aromatic carbocycles. The lowest BCUT2D eigenvalue weighted by Gasteiger charge is -2.44. The lowest BCUT2D eigenvalue weighted by atomic mass is 9.74. The van der Waals surface area contributed by atoms with Crippen molar-refractivity contribution in [2.75, 3.05) is 6.61 Å². The molecular weight excluding hydrogens is 268 g/mol. The molecule has 1 aromatic rings. The molecule has 1 N–H and O–H groups in total. The minimum absolute atomic E-state index is 0.0868. The van der Waals surface area contributed by atoms with Gasteiger partial charge in [-0.15, -0.1) is 11.3 Å². The topological polar surface area (TPSA) is 29.5 Å². The molecule has 112 valence electrons. The van der Waals surface area contributed by atoms with Crippen LogP contribution in [0.5, 0.6) is 0 Å². The zero-order valence-corrected chi connectivity index (χ0v) is 13.5. The smallest absolute Gasteiger partial charge is 0.0912 e. The molecule has 3 heteroatoms. The van der Waals surface area contributed by atoms with Gasteiger partial charge in [-0.05, 0) is 57.1 Å². The molecule has 1 aliphatic carbocycles. The van der Waals surface area contributed by atoms with E-state index in [1.807, 2.05) is 0 Å². The van der Waals surface area contributed by atoms with Crippen molar-refractivity contribution in [3.8, 4) is 0 Å². The average molecular weight is 294 g/mol. The summed E-state index contributed by atoms with van der Waals surface area (Å²) in [6, 6.07) is 2.17. The molecule has 2 unspecified atom stereocenters. The fraction of sp³-hybridized carbons (Fsp3) is 0.765. The molecule has 0 radical (unpaired) electrons. The van der Waals surface area contributed by atoms with Crippen molar-refractivity contribution in [3.63, 3.8) is 0 Å². The molecule has 1 spiro atoms. The Labute approximate surface area is 126 Å². The van der Waals surface area contributed by atoms with E-state index in [-0.39, 0.29) is 11.7 Å². The molecular formula is C17H26O2S. The van der Waals surface area contributed by atoms with E-state index in [0.717, 1.165) is 24.3 Å². The summed E-state index contributed by atoms with van der Waals surface area (Å²) in [6.07, 6.45) is 8.07. The molecule has 2 heterocycles. The van der Waals surface area contributed by atoms with E-state index in [9.17, 15) is 5.11 Å². The summed E-state index contributed by atoms with van der Waals surface area (Å²) in [6.45, 7) is 5.10. The third kappa shape index (κ3) is 2.81. The van der Waals surface area contributed by atoms with E-state index in [1.54, 1.807) is 11.3 Å². The Hall–Kier alpha value is -0.380. The summed E-state index contributed by atoms with van der Waals surface area (Å²) in [7, 11) is 0. The molecule has 1 aliphatic heterocycles. The van der Waals surface area contributed by atoms with Gasteiger partial charge in [0.25, 0.3) is 0 Å². The minimum Gasteiger partial charge on any atom is -0.387 e. The van der Waals surface area contributed by atoms with Crippen molar-refractivity contribution in [3.05, 3.63) is 21.4 Å². The molecule has 0 amide bonds. The lowest BCUT2D eigenvalue weighted by Crippen LogP contribution is -2.42. The van der Waals surface area contributed by atoms with E-state index in [2.05, 4.69) is 19.9 Å². The molecule has 1 saturated heterocycles. The Morgan fingerprint density at radius 1 is 1.30 bits per heavy atom. The van der Waals surface area contributed by atoms with Gasteiger partial charge in [0.05, 0.1) is 11.7 Å². The van der Waals surface area contributed by atoms with E-state index in [4.69, 9.17) is 4.74 Å². The second-order valence-electron chi connectivity index (χ2n) is 6.68. The lowest BCUT2D eigenvalue weighted by molar-refractivity contribution is -0.133. The van der Waals surface area contributed by atoms with Gasteiger partial charge in [-0.1, -0.05) is 19.3 Å². The Kier molecular flexibility index (Phi) is 4.21. The SMILES string of the molecule is Cc1cc(C(O)C2CCOC3(CCCCC3)C2)sc1C. The highest BCUT2D eigenvalue weighted by Gasteiger charge is 2.41. The van der Waals surface area contributed by atoms with Crippen LogP contribution in [0.3, 0.4) is 0 Å². The van der Waals surface area contributed by atoms with Crippen molar-refractivity contribution in [2.45, 2.75) is 70.5 Å². The molecule has 1 saturated carbocycles. The van der Waals surface area contributed by atoms with Crippen LogP contribution in [0.2, 0.25) is 0 Å². The first-order valence-electron chi connectivity index (χ1n) is 7.99. The van der Waals surface area contributed by atoms with Crippen LogP contribution >= 0.6 is 11.3 Å². The molecule has 2 atom stereocenters. The van der Waals surface area contributed by atoms with Gasteiger partial charge in [-0.25, -0.2) is 0 Å². The van der Waals surface area contributed by atoms with E-state index in [0.29, 0.717) is 5.92 Å². The quantitative estimate of drug-likeness (QED) is 0.868. The number of ether oxygens (including phenoxy) is 1. The maximum atomic E-state index is 10.8. The van der Waals surface area contributed by atoms with Gasteiger partial charge in [0, 0.05) is 16.4 Å². The fourth-order valence-electron chi connectivity index (χ4n) is 3.86. The van der Waals surface area contributed by atoms with Crippen molar-refractivity contribution < 1.29 is 9.84 Å². The highest BCUT2D eigenvalue weighted by molar-refractivity contribution is 7.12. The van der Waals surface area contributed by atoms with Crippen molar-refractivity contribution >= 4 is 11.3 Å². The number of aliphatic hydroxyl groups excluding tert-OH is 1. The minimum atomic E-state index is -0.296. The van der Waals surface area contributed by atoms with Crippen LogP contribution in [0.25, 0.3) is 0 Å². The van der Waals surface area contributed by atoms with E-state index >= 15 is 0 Å². The number of aryl methyl sites for hydroxylation is 2. The molecule has 1 aromatic heterocycles. The van der Waals surface area contributed by atoms with Crippen molar-refractivity contribution in [1.82, 2.24) is 0 Å². The Morgan fingerprint density at radius 3 is 2.70 bits per heavy atom. The first-order chi connectivity index (χ1) is 9.60. The molecule has 2 fully saturated rings. The number of rotatable bonds is 2. The van der Waals surface area contributed by atoms with Crippen LogP contribution in [0.4, 0.5) is 0 Å². The molecule has 0 bridgehead atoms. The predicted octanol–water partition coefficient (Wildman–Crippen LogP) is 4.53. The van der Waals surface area contributed by atoms with Gasteiger partial charge < -0.3 is 9.84 Å². The zero-order valence-electron chi connectivity index (χ0n) is 12.7. The van der Waals surface area contributed by atoms with Gasteiger partial charge in [-0.2, -0.15) is 0 Å². The van der Waals surface area contributed by atoms with Crippen LogP contribution in [-0.2, 0) is 4.74 Å². The fourth-order valence-corrected chi connectivity index (χ4v) is 4.98. The average Bonchev–Trinajstić information content (AvgIpc) is 2.79. The van der Waals surface area contributed by atoms with Gasteiger partial charge in [-0.3, -0.25) is 0 Å². The van der Waals surface area contributed by atoms with Crippen LogP contribution in [0.1, 0.15) is 66.4 Å². The van der Waals surface area contributed by atoms with Crippen LogP contribution in [0, 0.1) is 19.8 Å². The van der Waals surface area contributed by atoms with Gasteiger partial charge in [0.2, 0.25) is 0 Å². The first kappa shape index (κ1) is 14.6. The number of hydrogen-bond acceptors (Lipinski definition) is 3. The van der Waals surface area contributed by atoms with E-state index in [1.165, 1.54) is 42.5 Å². The first-order valence-corrected chi connectivity index (χ1v) is 8.80.